The smallest absolute Gasteiger partial charge is 0.376 e. The highest BCUT2D eigenvalue weighted by Crippen LogP contribution is 2.42. The summed E-state index contributed by atoms with van der Waals surface area (Å²) >= 11 is 11.4. The topological polar surface area (TPSA) is 75.3 Å². The monoisotopic (exact) mass is 316 g/mol. The second-order valence-electron chi connectivity index (χ2n) is 3.87. The minimum absolute atomic E-state index is 0.127. The highest BCUT2D eigenvalue weighted by molar-refractivity contribution is 6.39. The van der Waals surface area contributed by atoms with Crippen LogP contribution in [0.15, 0.2) is 12.1 Å². The third-order valence-electron chi connectivity index (χ3n) is 2.40. The zero-order valence-corrected chi connectivity index (χ0v) is 11.0. The molecule has 106 valence electrons. The van der Waals surface area contributed by atoms with Crippen LogP contribution in [0.25, 0.3) is 0 Å². The van der Waals surface area contributed by atoms with Crippen LogP contribution in [0.1, 0.15) is 12.5 Å². The lowest BCUT2D eigenvalue weighted by molar-refractivity contribution is -0.258. The van der Waals surface area contributed by atoms with Crippen LogP contribution in [-0.4, -0.2) is 17.3 Å². The van der Waals surface area contributed by atoms with E-state index in [0.717, 1.165) is 12.1 Å². The molecule has 9 heteroatoms. The van der Waals surface area contributed by atoms with Crippen LogP contribution in [0, 0.1) is 0 Å². The summed E-state index contributed by atoms with van der Waals surface area (Å²) in [5, 5.41) is 11.0. The van der Waals surface area contributed by atoms with Crippen LogP contribution in [0.5, 0.6) is 0 Å². The molecule has 1 aromatic rings. The number of anilines is 1. The second kappa shape index (κ2) is 5.07. The summed E-state index contributed by atoms with van der Waals surface area (Å²) in [6.07, 6.45) is -4.90. The highest BCUT2D eigenvalue weighted by atomic mass is 35.5. The van der Waals surface area contributed by atoms with Gasteiger partial charge in [0.1, 0.15) is 0 Å². The van der Waals surface area contributed by atoms with Gasteiger partial charge in [0.25, 0.3) is 0 Å². The maximum atomic E-state index is 12.7. The molecule has 0 aliphatic carbocycles. The number of hydrogen-bond acceptors (Lipinski definition) is 2. The molecule has 0 unspecified atom stereocenters. The molecular formula is C10H9Cl2F3N2O2. The van der Waals surface area contributed by atoms with Gasteiger partial charge in [-0.1, -0.05) is 23.2 Å². The number of aliphatic hydroxyl groups is 1. The summed E-state index contributed by atoms with van der Waals surface area (Å²) in [6.45, 7) is 0.566. The number of benzene rings is 1. The average molecular weight is 317 g/mol. The third-order valence-corrected chi connectivity index (χ3v) is 3.00. The summed E-state index contributed by atoms with van der Waals surface area (Å²) in [4.78, 5) is 10.7. The van der Waals surface area contributed by atoms with E-state index >= 15 is 0 Å². The van der Waals surface area contributed by atoms with E-state index in [9.17, 15) is 23.1 Å². The Morgan fingerprint density at radius 2 is 1.74 bits per heavy atom. The molecule has 0 aromatic heterocycles. The van der Waals surface area contributed by atoms with Crippen molar-refractivity contribution in [1.82, 2.24) is 0 Å². The van der Waals surface area contributed by atoms with Crippen LogP contribution >= 0.6 is 23.2 Å². The minimum Gasteiger partial charge on any atom is -0.376 e. The van der Waals surface area contributed by atoms with Crippen LogP contribution < -0.4 is 11.1 Å². The van der Waals surface area contributed by atoms with Gasteiger partial charge in [-0.15, -0.1) is 0 Å². The first-order chi connectivity index (χ1) is 8.46. The van der Waals surface area contributed by atoms with E-state index in [1.807, 2.05) is 0 Å². The van der Waals surface area contributed by atoms with Gasteiger partial charge in [-0.05, 0) is 24.6 Å². The second-order valence-corrected chi connectivity index (χ2v) is 4.69. The Bertz CT molecular complexity index is 495. The molecule has 0 saturated carbocycles. The molecule has 0 heterocycles. The van der Waals surface area contributed by atoms with E-state index in [1.54, 1.807) is 0 Å². The van der Waals surface area contributed by atoms with Crippen molar-refractivity contribution < 1.29 is 23.1 Å². The first kappa shape index (κ1) is 15.9. The lowest BCUT2D eigenvalue weighted by Gasteiger charge is -2.27. The van der Waals surface area contributed by atoms with Crippen molar-refractivity contribution in [3.8, 4) is 0 Å². The third kappa shape index (κ3) is 3.23. The van der Waals surface area contributed by atoms with E-state index in [0.29, 0.717) is 6.92 Å². The van der Waals surface area contributed by atoms with Gasteiger partial charge in [0.15, 0.2) is 5.60 Å². The van der Waals surface area contributed by atoms with Gasteiger partial charge in [0.2, 0.25) is 0 Å². The van der Waals surface area contributed by atoms with E-state index in [2.05, 4.69) is 5.32 Å². The van der Waals surface area contributed by atoms with Crippen molar-refractivity contribution in [3.63, 3.8) is 0 Å². The fourth-order valence-corrected chi connectivity index (χ4v) is 1.84. The summed E-state index contributed by atoms with van der Waals surface area (Å²) in [5.74, 6) is 0. The highest BCUT2D eigenvalue weighted by Gasteiger charge is 2.51. The maximum absolute atomic E-state index is 12.7. The Labute approximate surface area is 116 Å². The molecule has 1 aromatic carbocycles. The van der Waals surface area contributed by atoms with Crippen LogP contribution in [0.3, 0.4) is 0 Å². The molecule has 0 bridgehead atoms. The number of carbonyl (C=O) groups is 1. The molecule has 2 amide bonds. The molecule has 1 rings (SSSR count). The molecule has 0 aliphatic rings. The minimum atomic E-state index is -4.90. The van der Waals surface area contributed by atoms with Gasteiger partial charge in [-0.3, -0.25) is 0 Å². The lowest BCUT2D eigenvalue weighted by atomic mass is 9.95. The number of amides is 2. The lowest BCUT2D eigenvalue weighted by Crippen LogP contribution is -2.39. The molecule has 0 spiro atoms. The quantitative estimate of drug-likeness (QED) is 0.783. The number of rotatable bonds is 2. The van der Waals surface area contributed by atoms with Gasteiger partial charge < -0.3 is 16.2 Å². The zero-order chi connectivity index (χ0) is 15.0. The Hall–Kier alpha value is -1.18. The number of urea groups is 1. The van der Waals surface area contributed by atoms with Crippen molar-refractivity contribution in [3.05, 3.63) is 27.7 Å². The Kier molecular flexibility index (Phi) is 4.23. The molecule has 0 radical (unpaired) electrons. The molecule has 19 heavy (non-hydrogen) atoms. The van der Waals surface area contributed by atoms with Crippen LogP contribution in [0.4, 0.5) is 23.7 Å². The molecule has 4 nitrogen and oxygen atoms in total. The maximum Gasteiger partial charge on any atom is 0.421 e. The predicted octanol–water partition coefficient (Wildman–Crippen LogP) is 3.25. The fraction of sp³-hybridized carbons (Fsp3) is 0.300. The normalized spacial score (nSPS) is 14.9. The summed E-state index contributed by atoms with van der Waals surface area (Å²) in [7, 11) is 0. The van der Waals surface area contributed by atoms with Crippen LogP contribution in [0.2, 0.25) is 10.0 Å². The number of nitrogens with two attached hydrogens (primary N) is 1. The van der Waals surface area contributed by atoms with Crippen molar-refractivity contribution in [2.24, 2.45) is 5.73 Å². The van der Waals surface area contributed by atoms with Crippen molar-refractivity contribution >= 4 is 34.9 Å². The van der Waals surface area contributed by atoms with Gasteiger partial charge >= 0.3 is 12.2 Å². The number of hydrogen-bond donors (Lipinski definition) is 3. The summed E-state index contributed by atoms with van der Waals surface area (Å²) < 4.78 is 38.0. The van der Waals surface area contributed by atoms with Gasteiger partial charge in [0.05, 0.1) is 15.7 Å². The number of nitrogens with one attached hydrogen (secondary N) is 1. The molecule has 4 N–H and O–H groups in total. The number of alkyl halides is 3. The molecule has 0 aliphatic heterocycles. The van der Waals surface area contributed by atoms with Crippen LogP contribution in [-0.2, 0) is 5.60 Å². The Morgan fingerprint density at radius 1 is 1.32 bits per heavy atom. The number of primary amides is 1. The van der Waals surface area contributed by atoms with Crippen molar-refractivity contribution in [2.45, 2.75) is 18.7 Å². The summed E-state index contributed by atoms with van der Waals surface area (Å²) in [6, 6.07) is 0.734. The van der Waals surface area contributed by atoms with E-state index in [-0.39, 0.29) is 15.7 Å². The van der Waals surface area contributed by atoms with E-state index in [1.165, 1.54) is 0 Å². The number of carbonyl (C=O) groups excluding carboxylic acids is 1. The summed E-state index contributed by atoms with van der Waals surface area (Å²) in [5.41, 5.74) is 1.06. The Morgan fingerprint density at radius 3 is 2.05 bits per heavy atom. The number of halogens is 5. The van der Waals surface area contributed by atoms with E-state index < -0.39 is 23.4 Å². The molecule has 0 fully saturated rings. The first-order valence-electron chi connectivity index (χ1n) is 4.82. The van der Waals surface area contributed by atoms with Gasteiger partial charge in [0, 0.05) is 0 Å². The molecule has 0 saturated heterocycles. The standard InChI is InChI=1S/C10H9Cl2F3N2O2/c1-9(19,10(13,14)15)4-2-5(11)7(6(12)3-4)17-8(16)18/h2-3,19H,1H3,(H3,16,17,18)/t9-/m1/s1. The predicted molar refractivity (Wildman–Crippen MR) is 65.3 cm³/mol. The van der Waals surface area contributed by atoms with Crippen molar-refractivity contribution in [1.29, 1.82) is 0 Å². The fourth-order valence-electron chi connectivity index (χ4n) is 1.26. The van der Waals surface area contributed by atoms with E-state index in [4.69, 9.17) is 28.9 Å². The van der Waals surface area contributed by atoms with Gasteiger partial charge in [-0.25, -0.2) is 4.79 Å². The first-order valence-corrected chi connectivity index (χ1v) is 5.57. The SMILES string of the molecule is C[C@@](O)(c1cc(Cl)c(NC(N)=O)c(Cl)c1)C(F)(F)F. The zero-order valence-electron chi connectivity index (χ0n) is 9.48. The molecular weight excluding hydrogens is 308 g/mol. The van der Waals surface area contributed by atoms with Gasteiger partial charge in [-0.2, -0.15) is 13.2 Å². The average Bonchev–Trinajstić information content (AvgIpc) is 2.21. The molecule has 1 atom stereocenters. The Balaban J connectivity index is 3.33. The largest absolute Gasteiger partial charge is 0.421 e. The van der Waals surface area contributed by atoms with Crippen molar-refractivity contribution in [2.75, 3.05) is 5.32 Å².